The Morgan fingerprint density at radius 2 is 1.90 bits per heavy atom. The molecule has 0 aliphatic rings. The van der Waals surface area contributed by atoms with Crippen molar-refractivity contribution in [1.82, 2.24) is 0 Å². The van der Waals surface area contributed by atoms with Gasteiger partial charge in [-0.25, -0.2) is 4.39 Å². The summed E-state index contributed by atoms with van der Waals surface area (Å²) < 4.78 is 13.8. The highest BCUT2D eigenvalue weighted by atomic mass is 19.1. The number of halogens is 1. The number of nitrogens with zero attached hydrogens (tertiary/aromatic N) is 1. The molecule has 104 valence electrons. The lowest BCUT2D eigenvalue weighted by Gasteiger charge is -2.22. The number of carbonyl (C=O) groups is 1. The molecule has 2 aromatic carbocycles. The Kier molecular flexibility index (Phi) is 4.18. The molecule has 0 atom stereocenters. The van der Waals surface area contributed by atoms with Crippen LogP contribution < -0.4 is 4.90 Å². The molecule has 0 aliphatic carbocycles. The van der Waals surface area contributed by atoms with Crippen molar-refractivity contribution in [2.75, 3.05) is 11.9 Å². The zero-order valence-electron chi connectivity index (χ0n) is 12.0. The molecule has 0 bridgehead atoms. The highest BCUT2D eigenvalue weighted by molar-refractivity contribution is 6.00. The van der Waals surface area contributed by atoms with Crippen LogP contribution in [0.2, 0.25) is 0 Å². The Balaban J connectivity index is 2.32. The van der Waals surface area contributed by atoms with Crippen LogP contribution in [0.1, 0.15) is 28.4 Å². The molecule has 0 N–H and O–H groups in total. The van der Waals surface area contributed by atoms with Gasteiger partial charge in [0.25, 0.3) is 0 Å². The molecule has 0 amide bonds. The first kappa shape index (κ1) is 14.3. The Labute approximate surface area is 118 Å². The smallest absolute Gasteiger partial charge is 0.164 e. The van der Waals surface area contributed by atoms with Gasteiger partial charge in [-0.1, -0.05) is 35.9 Å². The summed E-state index contributed by atoms with van der Waals surface area (Å²) in [6.45, 7) is 4.06. The summed E-state index contributed by atoms with van der Waals surface area (Å²) in [5, 5.41) is 0. The summed E-state index contributed by atoms with van der Waals surface area (Å²) in [4.78, 5) is 13.5. The third-order valence-corrected chi connectivity index (χ3v) is 3.26. The number of hydrogen-bond donors (Lipinski definition) is 0. The Morgan fingerprint density at radius 3 is 2.55 bits per heavy atom. The SMILES string of the molecule is CC(=O)c1c(F)cccc1N(C)Cc1cccc(C)c1. The predicted octanol–water partition coefficient (Wildman–Crippen LogP) is 3.97. The molecule has 0 fully saturated rings. The van der Waals surface area contributed by atoms with E-state index in [4.69, 9.17) is 0 Å². The predicted molar refractivity (Wildman–Crippen MR) is 79.7 cm³/mol. The van der Waals surface area contributed by atoms with Gasteiger partial charge >= 0.3 is 0 Å². The average Bonchev–Trinajstić information content (AvgIpc) is 2.37. The summed E-state index contributed by atoms with van der Waals surface area (Å²) in [7, 11) is 1.86. The summed E-state index contributed by atoms with van der Waals surface area (Å²) in [5.41, 5.74) is 3.09. The molecule has 0 saturated carbocycles. The van der Waals surface area contributed by atoms with Gasteiger partial charge in [0.05, 0.1) is 11.3 Å². The number of hydrogen-bond acceptors (Lipinski definition) is 2. The first-order valence-electron chi connectivity index (χ1n) is 6.55. The van der Waals surface area contributed by atoms with Gasteiger partial charge in [0.1, 0.15) is 5.82 Å². The van der Waals surface area contributed by atoms with Crippen molar-refractivity contribution in [3.63, 3.8) is 0 Å². The molecule has 0 heterocycles. The standard InChI is InChI=1S/C17H18FNO/c1-12-6-4-7-14(10-12)11-19(3)16-9-5-8-15(18)17(16)13(2)20/h4-10H,11H2,1-3H3. The van der Waals surface area contributed by atoms with Gasteiger partial charge in [-0.2, -0.15) is 0 Å². The Morgan fingerprint density at radius 1 is 1.20 bits per heavy atom. The van der Waals surface area contributed by atoms with Crippen molar-refractivity contribution in [3.8, 4) is 0 Å². The fourth-order valence-corrected chi connectivity index (χ4v) is 2.35. The van der Waals surface area contributed by atoms with E-state index in [0.717, 1.165) is 5.56 Å². The fourth-order valence-electron chi connectivity index (χ4n) is 2.35. The summed E-state index contributed by atoms with van der Waals surface area (Å²) in [5.74, 6) is -0.722. The van der Waals surface area contributed by atoms with E-state index >= 15 is 0 Å². The highest BCUT2D eigenvalue weighted by Gasteiger charge is 2.15. The molecule has 3 heteroatoms. The van der Waals surface area contributed by atoms with Crippen molar-refractivity contribution < 1.29 is 9.18 Å². The van der Waals surface area contributed by atoms with Crippen molar-refractivity contribution in [1.29, 1.82) is 0 Å². The zero-order valence-corrected chi connectivity index (χ0v) is 12.0. The van der Waals surface area contributed by atoms with Crippen molar-refractivity contribution in [3.05, 3.63) is 65.0 Å². The van der Waals surface area contributed by atoms with Crippen molar-refractivity contribution >= 4 is 11.5 Å². The minimum atomic E-state index is -0.467. The third-order valence-electron chi connectivity index (χ3n) is 3.26. The van der Waals surface area contributed by atoms with Gasteiger partial charge in [0.2, 0.25) is 0 Å². The lowest BCUT2D eigenvalue weighted by atomic mass is 10.1. The van der Waals surface area contributed by atoms with Gasteiger partial charge in [-0.05, 0) is 31.5 Å². The summed E-state index contributed by atoms with van der Waals surface area (Å²) >= 11 is 0. The lowest BCUT2D eigenvalue weighted by molar-refractivity contribution is 0.101. The molecular formula is C17H18FNO. The van der Waals surface area contributed by atoms with Crippen LogP contribution in [0, 0.1) is 12.7 Å². The molecule has 0 saturated heterocycles. The van der Waals surface area contributed by atoms with Gasteiger partial charge in [-0.15, -0.1) is 0 Å². The van der Waals surface area contributed by atoms with Gasteiger partial charge in [0, 0.05) is 13.6 Å². The summed E-state index contributed by atoms with van der Waals surface area (Å²) in [6.07, 6.45) is 0. The monoisotopic (exact) mass is 271 g/mol. The number of ketones is 1. The third kappa shape index (κ3) is 3.05. The van der Waals surface area contributed by atoms with E-state index in [1.54, 1.807) is 12.1 Å². The van der Waals surface area contributed by atoms with Crippen LogP contribution >= 0.6 is 0 Å². The van der Waals surface area contributed by atoms with Crippen molar-refractivity contribution in [2.45, 2.75) is 20.4 Å². The molecule has 0 aromatic heterocycles. The minimum Gasteiger partial charge on any atom is -0.370 e. The zero-order chi connectivity index (χ0) is 14.7. The first-order chi connectivity index (χ1) is 9.49. The van der Waals surface area contributed by atoms with Crippen LogP contribution in [0.4, 0.5) is 10.1 Å². The van der Waals surface area contributed by atoms with Crippen LogP contribution in [0.15, 0.2) is 42.5 Å². The normalized spacial score (nSPS) is 10.4. The van der Waals surface area contributed by atoms with E-state index < -0.39 is 5.82 Å². The second-order valence-corrected chi connectivity index (χ2v) is 5.04. The molecule has 2 nitrogen and oxygen atoms in total. The minimum absolute atomic E-state index is 0.155. The molecule has 0 radical (unpaired) electrons. The maximum atomic E-state index is 13.8. The lowest BCUT2D eigenvalue weighted by Crippen LogP contribution is -2.19. The second kappa shape index (κ2) is 5.87. The largest absolute Gasteiger partial charge is 0.370 e. The van der Waals surface area contributed by atoms with E-state index in [2.05, 4.69) is 6.07 Å². The number of rotatable bonds is 4. The van der Waals surface area contributed by atoms with E-state index in [1.807, 2.05) is 37.1 Å². The highest BCUT2D eigenvalue weighted by Crippen LogP contribution is 2.24. The number of benzene rings is 2. The van der Waals surface area contributed by atoms with Gasteiger partial charge in [0.15, 0.2) is 5.78 Å². The maximum Gasteiger partial charge on any atom is 0.164 e. The number of Topliss-reactive ketones (excluding diaryl/α,β-unsaturated/α-hetero) is 1. The topological polar surface area (TPSA) is 20.3 Å². The van der Waals surface area contributed by atoms with Crippen LogP contribution in [0.5, 0.6) is 0 Å². The van der Waals surface area contributed by atoms with Crippen LogP contribution in [-0.4, -0.2) is 12.8 Å². The van der Waals surface area contributed by atoms with Gasteiger partial charge < -0.3 is 4.90 Å². The Hall–Kier alpha value is -2.16. The van der Waals surface area contributed by atoms with E-state index in [-0.39, 0.29) is 11.3 Å². The molecular weight excluding hydrogens is 253 g/mol. The van der Waals surface area contributed by atoms with Crippen LogP contribution in [0.25, 0.3) is 0 Å². The molecule has 20 heavy (non-hydrogen) atoms. The quantitative estimate of drug-likeness (QED) is 0.784. The number of anilines is 1. The van der Waals surface area contributed by atoms with E-state index in [9.17, 15) is 9.18 Å². The summed E-state index contributed by atoms with van der Waals surface area (Å²) in [6, 6.07) is 12.9. The average molecular weight is 271 g/mol. The van der Waals surface area contributed by atoms with Crippen LogP contribution in [0.3, 0.4) is 0 Å². The molecule has 0 unspecified atom stereocenters. The molecule has 2 aromatic rings. The number of aryl methyl sites for hydroxylation is 1. The molecule has 2 rings (SSSR count). The molecule has 0 spiro atoms. The molecule has 0 aliphatic heterocycles. The van der Waals surface area contributed by atoms with Gasteiger partial charge in [-0.3, -0.25) is 4.79 Å². The van der Waals surface area contributed by atoms with E-state index in [0.29, 0.717) is 12.2 Å². The van der Waals surface area contributed by atoms with Crippen LogP contribution in [-0.2, 0) is 6.54 Å². The van der Waals surface area contributed by atoms with Crippen molar-refractivity contribution in [2.24, 2.45) is 0 Å². The number of carbonyl (C=O) groups excluding carboxylic acids is 1. The van der Waals surface area contributed by atoms with E-state index in [1.165, 1.54) is 18.6 Å². The maximum absolute atomic E-state index is 13.8. The Bertz CT molecular complexity index is 637. The first-order valence-corrected chi connectivity index (χ1v) is 6.55. The second-order valence-electron chi connectivity index (χ2n) is 5.04. The fraction of sp³-hybridized carbons (Fsp3) is 0.235.